The van der Waals surface area contributed by atoms with E-state index in [1.54, 1.807) is 39.0 Å². The van der Waals surface area contributed by atoms with Gasteiger partial charge in [0.15, 0.2) is 0 Å². The number of piperazine rings is 1. The molecule has 52 heavy (non-hydrogen) atoms. The van der Waals surface area contributed by atoms with Crippen molar-refractivity contribution in [1.82, 2.24) is 20.2 Å². The number of halogens is 5. The summed E-state index contributed by atoms with van der Waals surface area (Å²) in [5, 5.41) is 12.3. The molecular formula is C35H34F4IN7O5. The van der Waals surface area contributed by atoms with Crippen LogP contribution in [0.2, 0.25) is 0 Å². The zero-order valence-corrected chi connectivity index (χ0v) is 30.4. The van der Waals surface area contributed by atoms with E-state index in [9.17, 15) is 37.2 Å². The van der Waals surface area contributed by atoms with Gasteiger partial charge in [0.25, 0.3) is 5.91 Å². The van der Waals surface area contributed by atoms with Crippen molar-refractivity contribution in [3.8, 4) is 6.07 Å². The molecule has 5 rings (SSSR count). The second-order valence-corrected chi connectivity index (χ2v) is 14.6. The van der Waals surface area contributed by atoms with E-state index in [4.69, 9.17) is 4.74 Å². The van der Waals surface area contributed by atoms with Gasteiger partial charge in [0.1, 0.15) is 47.6 Å². The van der Waals surface area contributed by atoms with Gasteiger partial charge in [-0.2, -0.15) is 5.26 Å². The number of rotatable bonds is 7. The van der Waals surface area contributed by atoms with Crippen LogP contribution in [0.3, 0.4) is 0 Å². The minimum Gasteiger partial charge on any atom is -0.444 e. The molecule has 1 saturated heterocycles. The van der Waals surface area contributed by atoms with Crippen molar-refractivity contribution in [2.45, 2.75) is 76.1 Å². The summed E-state index contributed by atoms with van der Waals surface area (Å²) in [6, 6.07) is 7.58. The summed E-state index contributed by atoms with van der Waals surface area (Å²) in [6.45, 7) is 3.66. The average Bonchev–Trinajstić information content (AvgIpc) is 3.06. The van der Waals surface area contributed by atoms with E-state index in [0.717, 1.165) is 26.8 Å². The number of nitrogens with zero attached hydrogens (tertiary/aromatic N) is 6. The second-order valence-electron chi connectivity index (χ2n) is 13.4. The number of nitrogens with one attached hydrogen (secondary N) is 1. The molecule has 1 saturated carbocycles. The van der Waals surface area contributed by atoms with Crippen LogP contribution in [0.1, 0.15) is 63.8 Å². The highest BCUT2D eigenvalue weighted by atomic mass is 127. The number of hydrogen-bond donors (Lipinski definition) is 1. The highest BCUT2D eigenvalue weighted by Gasteiger charge is 2.47. The summed E-state index contributed by atoms with van der Waals surface area (Å²) in [4.78, 5) is 67.6. The first-order valence-corrected chi connectivity index (χ1v) is 17.3. The Morgan fingerprint density at radius 1 is 1.10 bits per heavy atom. The SMILES string of the molecule is CC(C)(C)OC(=O)N1CC(=O)N(c2nccc(C#N)n2)[C@H](C(=O)N(c2cc(F)cc(F)c2)[C@H](C(=O)NC2CCC(F)(F)CC2)c2ccccc2I)C1. The molecule has 2 atom stereocenters. The number of benzene rings is 2. The van der Waals surface area contributed by atoms with Crippen LogP contribution >= 0.6 is 22.6 Å². The first kappa shape index (κ1) is 38.4. The molecule has 0 bridgehead atoms. The Balaban J connectivity index is 1.68. The molecule has 17 heteroatoms. The number of anilines is 2. The van der Waals surface area contributed by atoms with Gasteiger partial charge in [-0.15, -0.1) is 0 Å². The summed E-state index contributed by atoms with van der Waals surface area (Å²) < 4.78 is 63.9. The lowest BCUT2D eigenvalue weighted by atomic mass is 9.91. The van der Waals surface area contributed by atoms with E-state index in [1.807, 2.05) is 28.7 Å². The van der Waals surface area contributed by atoms with Crippen molar-refractivity contribution < 1.29 is 41.5 Å². The molecule has 2 aromatic carbocycles. The van der Waals surface area contributed by atoms with Gasteiger partial charge in [-0.1, -0.05) is 18.2 Å². The Kier molecular flexibility index (Phi) is 11.4. The fourth-order valence-electron chi connectivity index (χ4n) is 6.00. The molecule has 3 aromatic rings. The molecule has 0 unspecified atom stereocenters. The molecule has 4 amide bonds. The smallest absolute Gasteiger partial charge is 0.410 e. The predicted octanol–water partition coefficient (Wildman–Crippen LogP) is 5.65. The minimum absolute atomic E-state index is 0.0673. The van der Waals surface area contributed by atoms with E-state index in [1.165, 1.54) is 18.3 Å². The monoisotopic (exact) mass is 835 g/mol. The van der Waals surface area contributed by atoms with Gasteiger partial charge in [-0.25, -0.2) is 32.3 Å². The highest BCUT2D eigenvalue weighted by molar-refractivity contribution is 14.1. The molecular weight excluding hydrogens is 801 g/mol. The molecule has 2 fully saturated rings. The number of ether oxygens (including phenoxy) is 1. The maximum Gasteiger partial charge on any atom is 0.410 e. The standard InChI is InChI=1S/C35H34F4IN7O5/c1-34(2,3)52-33(51)45-18-27(47(28(48)19-45)32-42-13-10-23(17-41)44-32)31(50)46(24-15-20(36)14-21(37)16-24)29(25-6-4-5-7-26(25)40)30(49)43-22-8-11-35(38,39)12-9-22/h4-7,10,13-16,22,27,29H,8-9,11-12,18-19H2,1-3H3,(H,43,49)/t27-,29-/m0/s1. The maximum atomic E-state index is 15.2. The summed E-state index contributed by atoms with van der Waals surface area (Å²) in [7, 11) is 0. The van der Waals surface area contributed by atoms with Gasteiger partial charge in [0, 0.05) is 34.7 Å². The van der Waals surface area contributed by atoms with Gasteiger partial charge in [0.2, 0.25) is 23.7 Å². The number of nitriles is 1. The number of aromatic nitrogens is 2. The third kappa shape index (κ3) is 8.95. The third-order valence-electron chi connectivity index (χ3n) is 8.34. The predicted molar refractivity (Wildman–Crippen MR) is 187 cm³/mol. The number of hydrogen-bond acceptors (Lipinski definition) is 8. The molecule has 0 spiro atoms. The highest BCUT2D eigenvalue weighted by Crippen LogP contribution is 2.36. The Bertz CT molecular complexity index is 1890. The topological polar surface area (TPSA) is 149 Å². The Morgan fingerprint density at radius 3 is 2.37 bits per heavy atom. The fourth-order valence-corrected chi connectivity index (χ4v) is 6.68. The van der Waals surface area contributed by atoms with Crippen LogP contribution in [0.15, 0.2) is 54.7 Å². The van der Waals surface area contributed by atoms with Crippen LogP contribution in [0, 0.1) is 26.5 Å². The van der Waals surface area contributed by atoms with E-state index >= 15 is 4.79 Å². The van der Waals surface area contributed by atoms with Crippen molar-refractivity contribution in [3.63, 3.8) is 0 Å². The molecule has 1 N–H and O–H groups in total. The molecule has 2 aliphatic rings. The van der Waals surface area contributed by atoms with Gasteiger partial charge in [0.05, 0.1) is 12.2 Å². The molecule has 274 valence electrons. The molecule has 12 nitrogen and oxygen atoms in total. The lowest BCUT2D eigenvalue weighted by molar-refractivity contribution is -0.131. The molecule has 1 aliphatic heterocycles. The van der Waals surface area contributed by atoms with Crippen LogP contribution in [-0.2, 0) is 19.1 Å². The molecule has 2 heterocycles. The van der Waals surface area contributed by atoms with E-state index in [2.05, 4.69) is 15.3 Å². The molecule has 1 aromatic heterocycles. The summed E-state index contributed by atoms with van der Waals surface area (Å²) in [5.41, 5.74) is -1.37. The van der Waals surface area contributed by atoms with Crippen molar-refractivity contribution in [2.75, 3.05) is 22.9 Å². The second kappa shape index (κ2) is 15.4. The van der Waals surface area contributed by atoms with Crippen molar-refractivity contribution in [3.05, 3.63) is 81.2 Å². The summed E-state index contributed by atoms with van der Waals surface area (Å²) in [6.07, 6.45) is -0.861. The number of carbonyl (C=O) groups is 4. The first-order valence-electron chi connectivity index (χ1n) is 16.2. The van der Waals surface area contributed by atoms with E-state index < -0.39 is 96.7 Å². The largest absolute Gasteiger partial charge is 0.444 e. The van der Waals surface area contributed by atoms with Crippen LogP contribution in [-0.4, -0.2) is 75.4 Å². The molecule has 0 radical (unpaired) electrons. The quantitative estimate of drug-likeness (QED) is 0.237. The van der Waals surface area contributed by atoms with Gasteiger partial charge in [-0.05, 0) is 86.0 Å². The van der Waals surface area contributed by atoms with Crippen molar-refractivity contribution in [2.24, 2.45) is 0 Å². The van der Waals surface area contributed by atoms with E-state index in [-0.39, 0.29) is 30.0 Å². The van der Waals surface area contributed by atoms with Crippen LogP contribution < -0.4 is 15.1 Å². The van der Waals surface area contributed by atoms with Crippen molar-refractivity contribution in [1.29, 1.82) is 5.26 Å². The Labute approximate surface area is 310 Å². The van der Waals surface area contributed by atoms with Crippen LogP contribution in [0.5, 0.6) is 0 Å². The number of alkyl halides is 2. The average molecular weight is 836 g/mol. The summed E-state index contributed by atoms with van der Waals surface area (Å²) in [5.74, 6) is -8.28. The lowest BCUT2D eigenvalue weighted by Gasteiger charge is -2.42. The minimum atomic E-state index is -2.90. The zero-order valence-electron chi connectivity index (χ0n) is 28.3. The lowest BCUT2D eigenvalue weighted by Crippen LogP contribution is -2.65. The normalized spacial score (nSPS) is 18.3. The first-order chi connectivity index (χ1) is 24.5. The van der Waals surface area contributed by atoms with Crippen LogP contribution in [0.25, 0.3) is 0 Å². The fraction of sp³-hybridized carbons (Fsp3) is 0.400. The third-order valence-corrected chi connectivity index (χ3v) is 9.32. The van der Waals surface area contributed by atoms with E-state index in [0.29, 0.717) is 9.64 Å². The Morgan fingerprint density at radius 2 is 1.75 bits per heavy atom. The number of amides is 4. The molecule has 1 aliphatic carbocycles. The zero-order chi connectivity index (χ0) is 38.0. The van der Waals surface area contributed by atoms with Gasteiger partial charge in [-0.3, -0.25) is 29.1 Å². The van der Waals surface area contributed by atoms with Gasteiger partial charge < -0.3 is 10.1 Å². The maximum absolute atomic E-state index is 15.2. The number of carbonyl (C=O) groups excluding carboxylic acids is 4. The summed E-state index contributed by atoms with van der Waals surface area (Å²) >= 11 is 1.93. The van der Waals surface area contributed by atoms with Gasteiger partial charge >= 0.3 is 6.09 Å². The van der Waals surface area contributed by atoms with Crippen molar-refractivity contribution >= 4 is 58.0 Å². The van der Waals surface area contributed by atoms with Crippen LogP contribution in [0.4, 0.5) is 34.0 Å². The Hall–Kier alpha value is -4.86.